The Morgan fingerprint density at radius 1 is 0.968 bits per heavy atom. The van der Waals surface area contributed by atoms with Gasteiger partial charge in [-0.05, 0) is 37.1 Å². The van der Waals surface area contributed by atoms with Crippen molar-refractivity contribution in [2.24, 2.45) is 5.92 Å². The monoisotopic (exact) mass is 442 g/mol. The lowest BCUT2D eigenvalue weighted by atomic mass is 9.96. The van der Waals surface area contributed by atoms with E-state index in [4.69, 9.17) is 11.6 Å². The quantitative estimate of drug-likeness (QED) is 0.760. The number of benzene rings is 1. The highest BCUT2D eigenvalue weighted by Crippen LogP contribution is 2.22. The Kier molecular flexibility index (Phi) is 6.86. The number of hydrogen-bond acceptors (Lipinski definition) is 6. The lowest BCUT2D eigenvalue weighted by molar-refractivity contribution is -0.134. The molecule has 0 spiro atoms. The SMILES string of the molecule is O=C(NCC(=O)N1CCN(c2cccc(Cl)c2)CC1)C1CCN(c2ncccn2)CC1. The predicted octanol–water partition coefficient (Wildman–Crippen LogP) is 1.81. The van der Waals surface area contributed by atoms with Gasteiger partial charge in [-0.15, -0.1) is 0 Å². The van der Waals surface area contributed by atoms with Crippen LogP contribution in [-0.2, 0) is 9.59 Å². The van der Waals surface area contributed by atoms with E-state index in [0.717, 1.165) is 44.7 Å². The predicted molar refractivity (Wildman–Crippen MR) is 120 cm³/mol. The van der Waals surface area contributed by atoms with E-state index in [9.17, 15) is 9.59 Å². The molecule has 2 fully saturated rings. The van der Waals surface area contributed by atoms with Gasteiger partial charge in [0.1, 0.15) is 0 Å². The number of rotatable bonds is 5. The average molecular weight is 443 g/mol. The molecule has 0 bridgehead atoms. The average Bonchev–Trinajstić information content (AvgIpc) is 2.83. The van der Waals surface area contributed by atoms with Gasteiger partial charge < -0.3 is 20.0 Å². The molecule has 0 radical (unpaired) electrons. The maximum absolute atomic E-state index is 12.6. The van der Waals surface area contributed by atoms with Crippen molar-refractivity contribution in [1.82, 2.24) is 20.2 Å². The first-order valence-electron chi connectivity index (χ1n) is 10.7. The van der Waals surface area contributed by atoms with Crippen molar-refractivity contribution in [1.29, 1.82) is 0 Å². The van der Waals surface area contributed by atoms with Gasteiger partial charge in [-0.25, -0.2) is 9.97 Å². The van der Waals surface area contributed by atoms with Gasteiger partial charge in [-0.2, -0.15) is 0 Å². The normalized spacial score (nSPS) is 17.5. The molecule has 3 heterocycles. The van der Waals surface area contributed by atoms with E-state index in [1.807, 2.05) is 29.2 Å². The van der Waals surface area contributed by atoms with Crippen LogP contribution >= 0.6 is 11.6 Å². The van der Waals surface area contributed by atoms with Gasteiger partial charge in [0, 0.05) is 68.3 Å². The minimum atomic E-state index is -0.0764. The van der Waals surface area contributed by atoms with Crippen LogP contribution in [-0.4, -0.2) is 72.5 Å². The minimum absolute atomic E-state index is 0.0331. The Balaban J connectivity index is 1.18. The zero-order valence-corrected chi connectivity index (χ0v) is 18.2. The van der Waals surface area contributed by atoms with Crippen molar-refractivity contribution in [3.63, 3.8) is 0 Å². The molecule has 0 unspecified atom stereocenters. The molecule has 0 aliphatic carbocycles. The number of piperidine rings is 1. The molecule has 0 atom stereocenters. The van der Waals surface area contributed by atoms with Gasteiger partial charge in [0.05, 0.1) is 6.54 Å². The summed E-state index contributed by atoms with van der Waals surface area (Å²) in [5.41, 5.74) is 1.07. The molecule has 2 amide bonds. The zero-order chi connectivity index (χ0) is 21.6. The molecule has 2 aromatic rings. The number of nitrogens with zero attached hydrogens (tertiary/aromatic N) is 5. The van der Waals surface area contributed by atoms with Crippen molar-refractivity contribution >= 4 is 35.1 Å². The van der Waals surface area contributed by atoms with Crippen LogP contribution < -0.4 is 15.1 Å². The summed E-state index contributed by atoms with van der Waals surface area (Å²) in [5.74, 6) is 0.551. The van der Waals surface area contributed by atoms with Crippen LogP contribution in [0.1, 0.15) is 12.8 Å². The largest absolute Gasteiger partial charge is 0.368 e. The number of carbonyl (C=O) groups excluding carboxylic acids is 2. The van der Waals surface area contributed by atoms with Crippen LogP contribution in [0.3, 0.4) is 0 Å². The fourth-order valence-electron chi connectivity index (χ4n) is 4.10. The second-order valence-electron chi connectivity index (χ2n) is 7.88. The molecule has 8 nitrogen and oxygen atoms in total. The third kappa shape index (κ3) is 5.44. The summed E-state index contributed by atoms with van der Waals surface area (Å²) >= 11 is 6.08. The van der Waals surface area contributed by atoms with Gasteiger partial charge >= 0.3 is 0 Å². The third-order valence-corrected chi connectivity index (χ3v) is 6.16. The van der Waals surface area contributed by atoms with E-state index < -0.39 is 0 Å². The maximum atomic E-state index is 12.6. The molecule has 9 heteroatoms. The van der Waals surface area contributed by atoms with Gasteiger partial charge in [0.25, 0.3) is 0 Å². The number of nitrogens with one attached hydrogen (secondary N) is 1. The summed E-state index contributed by atoms with van der Waals surface area (Å²) in [6, 6.07) is 9.54. The first-order chi connectivity index (χ1) is 15.1. The van der Waals surface area contributed by atoms with Gasteiger partial charge in [0.2, 0.25) is 17.8 Å². The Bertz CT molecular complexity index is 896. The second-order valence-corrected chi connectivity index (χ2v) is 8.31. The maximum Gasteiger partial charge on any atom is 0.242 e. The Labute approximate surface area is 187 Å². The highest BCUT2D eigenvalue weighted by atomic mass is 35.5. The van der Waals surface area contributed by atoms with Crippen LogP contribution in [0.2, 0.25) is 5.02 Å². The molecule has 1 aromatic carbocycles. The molecular weight excluding hydrogens is 416 g/mol. The Hall–Kier alpha value is -2.87. The fourth-order valence-corrected chi connectivity index (χ4v) is 4.29. The highest BCUT2D eigenvalue weighted by Gasteiger charge is 2.27. The molecule has 2 saturated heterocycles. The number of amides is 2. The summed E-state index contributed by atoms with van der Waals surface area (Å²) in [6.07, 6.45) is 4.91. The summed E-state index contributed by atoms with van der Waals surface area (Å²) < 4.78 is 0. The summed E-state index contributed by atoms with van der Waals surface area (Å²) in [5, 5.41) is 3.55. The number of anilines is 2. The van der Waals surface area contributed by atoms with Crippen molar-refractivity contribution < 1.29 is 9.59 Å². The Morgan fingerprint density at radius 3 is 2.35 bits per heavy atom. The highest BCUT2D eigenvalue weighted by molar-refractivity contribution is 6.30. The number of halogens is 1. The summed E-state index contributed by atoms with van der Waals surface area (Å²) in [4.78, 5) is 39.8. The number of aromatic nitrogens is 2. The lowest BCUT2D eigenvalue weighted by Crippen LogP contribution is -2.52. The summed E-state index contributed by atoms with van der Waals surface area (Å²) in [7, 11) is 0. The number of hydrogen-bond donors (Lipinski definition) is 1. The lowest BCUT2D eigenvalue weighted by Gasteiger charge is -2.36. The molecule has 0 saturated carbocycles. The van der Waals surface area contributed by atoms with Crippen LogP contribution in [0.5, 0.6) is 0 Å². The smallest absolute Gasteiger partial charge is 0.242 e. The fraction of sp³-hybridized carbons (Fsp3) is 0.455. The molecule has 2 aliphatic heterocycles. The molecule has 164 valence electrons. The molecule has 4 rings (SSSR count). The van der Waals surface area contributed by atoms with Crippen LogP contribution in [0, 0.1) is 5.92 Å². The van der Waals surface area contributed by atoms with E-state index in [0.29, 0.717) is 24.1 Å². The third-order valence-electron chi connectivity index (χ3n) is 5.92. The standard InChI is InChI=1S/C22H27ClN6O2/c23-18-3-1-4-19(15-18)27-11-13-28(14-12-27)20(30)16-26-21(31)17-5-9-29(10-6-17)22-24-7-2-8-25-22/h1-4,7-8,15,17H,5-6,9-14,16H2,(H,26,31). The van der Waals surface area contributed by atoms with Gasteiger partial charge in [-0.3, -0.25) is 9.59 Å². The molecule has 31 heavy (non-hydrogen) atoms. The first-order valence-corrected chi connectivity index (χ1v) is 11.1. The van der Waals surface area contributed by atoms with Crippen LogP contribution in [0.15, 0.2) is 42.7 Å². The van der Waals surface area contributed by atoms with Crippen molar-refractivity contribution in [3.05, 3.63) is 47.7 Å². The van der Waals surface area contributed by atoms with E-state index >= 15 is 0 Å². The molecule has 2 aliphatic rings. The molecular formula is C22H27ClN6O2. The number of piperazine rings is 1. The van der Waals surface area contributed by atoms with Crippen LogP contribution in [0.25, 0.3) is 0 Å². The van der Waals surface area contributed by atoms with Gasteiger partial charge in [0.15, 0.2) is 0 Å². The second kappa shape index (κ2) is 9.96. The zero-order valence-electron chi connectivity index (χ0n) is 17.4. The van der Waals surface area contributed by atoms with Crippen molar-refractivity contribution in [2.75, 3.05) is 55.6 Å². The van der Waals surface area contributed by atoms with E-state index in [-0.39, 0.29) is 24.3 Å². The van der Waals surface area contributed by atoms with E-state index in [1.54, 1.807) is 18.5 Å². The molecule has 1 N–H and O–H groups in total. The van der Waals surface area contributed by atoms with Crippen molar-refractivity contribution in [2.45, 2.75) is 12.8 Å². The van der Waals surface area contributed by atoms with Gasteiger partial charge in [-0.1, -0.05) is 17.7 Å². The van der Waals surface area contributed by atoms with E-state index in [1.165, 1.54) is 0 Å². The number of carbonyl (C=O) groups is 2. The minimum Gasteiger partial charge on any atom is -0.368 e. The first kappa shape index (κ1) is 21.4. The summed E-state index contributed by atoms with van der Waals surface area (Å²) in [6.45, 7) is 4.30. The van der Waals surface area contributed by atoms with Crippen LogP contribution in [0.4, 0.5) is 11.6 Å². The topological polar surface area (TPSA) is 81.7 Å². The van der Waals surface area contributed by atoms with Crippen molar-refractivity contribution in [3.8, 4) is 0 Å². The Morgan fingerprint density at radius 2 is 1.68 bits per heavy atom. The molecule has 1 aromatic heterocycles. The van der Waals surface area contributed by atoms with E-state index in [2.05, 4.69) is 25.1 Å².